The summed E-state index contributed by atoms with van der Waals surface area (Å²) in [5.41, 5.74) is 4.15. The first-order valence-corrected chi connectivity index (χ1v) is 12.9. The number of rotatable bonds is 9. The minimum atomic E-state index is -0.466. The minimum Gasteiger partial charge on any atom is -0.499 e. The fourth-order valence-electron chi connectivity index (χ4n) is 4.38. The highest BCUT2D eigenvalue weighted by Gasteiger charge is 2.25. The van der Waals surface area contributed by atoms with Crippen LogP contribution in [0.25, 0.3) is 0 Å². The molecular weight excluding hydrogens is 494 g/mol. The number of nitrogens with one attached hydrogen (secondary N) is 3. The molecule has 9 heteroatoms. The van der Waals surface area contributed by atoms with Crippen LogP contribution in [0.2, 0.25) is 0 Å². The lowest BCUT2D eigenvalue weighted by Gasteiger charge is -2.32. The third kappa shape index (κ3) is 7.95. The Balaban J connectivity index is 1.51. The molecule has 1 fully saturated rings. The van der Waals surface area contributed by atoms with E-state index in [0.717, 1.165) is 18.4 Å². The average molecular weight is 530 g/mol. The number of methoxy groups -OCH3 is 1. The maximum atomic E-state index is 13.2. The molecule has 1 aliphatic rings. The molecule has 0 radical (unpaired) electrons. The van der Waals surface area contributed by atoms with Crippen LogP contribution in [0.4, 0.5) is 10.5 Å². The van der Waals surface area contributed by atoms with Crippen molar-refractivity contribution in [2.45, 2.75) is 39.0 Å². The van der Waals surface area contributed by atoms with Gasteiger partial charge in [0.1, 0.15) is 5.76 Å². The fourth-order valence-corrected chi connectivity index (χ4v) is 4.38. The van der Waals surface area contributed by atoms with Crippen LogP contribution in [0.1, 0.15) is 59.2 Å². The van der Waals surface area contributed by atoms with E-state index in [1.54, 1.807) is 25.1 Å². The van der Waals surface area contributed by atoms with Gasteiger partial charge in [0.25, 0.3) is 5.91 Å². The number of amides is 4. The van der Waals surface area contributed by atoms with Crippen molar-refractivity contribution in [2.75, 3.05) is 32.1 Å². The van der Waals surface area contributed by atoms with Crippen LogP contribution >= 0.6 is 0 Å². The molecule has 2 aromatic rings. The van der Waals surface area contributed by atoms with E-state index in [1.807, 2.05) is 36.1 Å². The molecule has 0 aliphatic carbocycles. The Morgan fingerprint density at radius 3 is 2.46 bits per heavy atom. The van der Waals surface area contributed by atoms with Crippen LogP contribution in [-0.4, -0.2) is 49.5 Å². The van der Waals surface area contributed by atoms with Gasteiger partial charge in [0.05, 0.1) is 24.4 Å². The predicted octanol–water partition coefficient (Wildman–Crippen LogP) is 4.58. The molecule has 1 heterocycles. The first-order valence-electron chi connectivity index (χ1n) is 12.9. The van der Waals surface area contributed by atoms with E-state index in [0.29, 0.717) is 47.3 Å². The number of carbonyl (C=O) groups is 3. The normalized spacial score (nSPS) is 13.9. The molecule has 0 aromatic heterocycles. The van der Waals surface area contributed by atoms with Crippen molar-refractivity contribution in [1.82, 2.24) is 15.5 Å². The number of ether oxygens (including phenoxy) is 1. The van der Waals surface area contributed by atoms with Crippen molar-refractivity contribution in [3.8, 4) is 6.07 Å². The van der Waals surface area contributed by atoms with E-state index >= 15 is 0 Å². The van der Waals surface area contributed by atoms with E-state index in [1.165, 1.54) is 18.7 Å². The number of hydrogen-bond donors (Lipinski definition) is 3. The topological polar surface area (TPSA) is 124 Å². The van der Waals surface area contributed by atoms with Crippen molar-refractivity contribution in [2.24, 2.45) is 0 Å². The molecule has 0 spiro atoms. The van der Waals surface area contributed by atoms with Gasteiger partial charge in [-0.1, -0.05) is 24.8 Å². The third-order valence-electron chi connectivity index (χ3n) is 6.83. The van der Waals surface area contributed by atoms with Crippen LogP contribution in [0.15, 0.2) is 66.6 Å². The molecule has 0 bridgehead atoms. The lowest BCUT2D eigenvalue weighted by molar-refractivity contribution is -0.120. The summed E-state index contributed by atoms with van der Waals surface area (Å²) in [5, 5.41) is 17.1. The average Bonchev–Trinajstić information content (AvgIpc) is 2.96. The van der Waals surface area contributed by atoms with Crippen molar-refractivity contribution in [1.29, 1.82) is 5.26 Å². The zero-order chi connectivity index (χ0) is 28.4. The summed E-state index contributed by atoms with van der Waals surface area (Å²) in [4.78, 5) is 39.7. The highest BCUT2D eigenvalue weighted by Crippen LogP contribution is 2.29. The summed E-state index contributed by atoms with van der Waals surface area (Å²) in [6.45, 7) is 8.60. The number of piperidine rings is 1. The maximum absolute atomic E-state index is 13.2. The van der Waals surface area contributed by atoms with Gasteiger partial charge in [-0.05, 0) is 74.1 Å². The number of aryl methyl sites for hydroxylation is 1. The molecule has 204 valence electrons. The number of anilines is 1. The first kappa shape index (κ1) is 29.0. The minimum absolute atomic E-state index is 0.0671. The van der Waals surface area contributed by atoms with Gasteiger partial charge in [0.2, 0.25) is 5.91 Å². The summed E-state index contributed by atoms with van der Waals surface area (Å²) in [6, 6.07) is 14.6. The lowest BCUT2D eigenvalue weighted by Crippen LogP contribution is -2.38. The molecule has 3 rings (SSSR count). The lowest BCUT2D eigenvalue weighted by atomic mass is 9.89. The second kappa shape index (κ2) is 13.8. The molecule has 0 saturated carbocycles. The smallest absolute Gasteiger partial charge is 0.319 e. The maximum Gasteiger partial charge on any atom is 0.319 e. The molecule has 4 amide bonds. The van der Waals surface area contributed by atoms with Crippen molar-refractivity contribution < 1.29 is 19.1 Å². The molecule has 1 saturated heterocycles. The zero-order valence-electron chi connectivity index (χ0n) is 22.7. The summed E-state index contributed by atoms with van der Waals surface area (Å²) >= 11 is 0. The Kier molecular flexibility index (Phi) is 10.3. The fraction of sp³-hybridized carbons (Fsp3) is 0.333. The number of likely N-dealkylation sites (tertiary alicyclic amines) is 1. The highest BCUT2D eigenvalue weighted by atomic mass is 16.5. The van der Waals surface area contributed by atoms with Gasteiger partial charge >= 0.3 is 6.03 Å². The van der Waals surface area contributed by atoms with E-state index in [4.69, 9.17) is 10.00 Å². The van der Waals surface area contributed by atoms with E-state index in [-0.39, 0.29) is 24.8 Å². The van der Waals surface area contributed by atoms with Crippen LogP contribution in [0.5, 0.6) is 0 Å². The Morgan fingerprint density at radius 2 is 1.85 bits per heavy atom. The van der Waals surface area contributed by atoms with Crippen molar-refractivity contribution >= 4 is 23.5 Å². The van der Waals surface area contributed by atoms with Crippen LogP contribution in [-0.2, 0) is 9.53 Å². The second-order valence-corrected chi connectivity index (χ2v) is 9.39. The van der Waals surface area contributed by atoms with Gasteiger partial charge in [-0.15, -0.1) is 0 Å². The van der Waals surface area contributed by atoms with Gasteiger partial charge in [-0.2, -0.15) is 5.26 Å². The second-order valence-electron chi connectivity index (χ2n) is 9.39. The summed E-state index contributed by atoms with van der Waals surface area (Å²) in [5.74, 6) is 0.523. The number of nitrogens with zero attached hydrogens (tertiary/aromatic N) is 2. The third-order valence-corrected chi connectivity index (χ3v) is 6.83. The van der Waals surface area contributed by atoms with Gasteiger partial charge in [-0.25, -0.2) is 4.79 Å². The monoisotopic (exact) mass is 529 g/mol. The van der Waals surface area contributed by atoms with E-state index < -0.39 is 6.03 Å². The Bertz CT molecular complexity index is 1290. The predicted molar refractivity (Wildman–Crippen MR) is 150 cm³/mol. The number of allylic oxidation sites excluding steroid dienone is 2. The molecule has 39 heavy (non-hydrogen) atoms. The summed E-state index contributed by atoms with van der Waals surface area (Å²) in [6.07, 6.45) is 3.25. The van der Waals surface area contributed by atoms with Gasteiger partial charge in [0.15, 0.2) is 0 Å². The molecule has 9 nitrogen and oxygen atoms in total. The van der Waals surface area contributed by atoms with Crippen LogP contribution in [0.3, 0.4) is 0 Å². The van der Waals surface area contributed by atoms with Crippen LogP contribution < -0.4 is 16.0 Å². The zero-order valence-corrected chi connectivity index (χ0v) is 22.7. The van der Waals surface area contributed by atoms with Gasteiger partial charge < -0.3 is 25.6 Å². The Labute approximate surface area is 229 Å². The van der Waals surface area contributed by atoms with Crippen LogP contribution in [0, 0.1) is 18.3 Å². The van der Waals surface area contributed by atoms with Crippen molar-refractivity contribution in [3.05, 3.63) is 88.8 Å². The molecule has 0 atom stereocenters. The number of nitriles is 1. The SMILES string of the molecule is C=C/C(NC(=O)CCNC(=O)Nc1cc(C(=O)N2CCC(c3ccc(C#N)cc3)CC2)ccc1C)=C(/C)OC. The summed E-state index contributed by atoms with van der Waals surface area (Å²) < 4.78 is 5.10. The number of hydrogen-bond acceptors (Lipinski definition) is 5. The van der Waals surface area contributed by atoms with E-state index in [9.17, 15) is 14.4 Å². The molecule has 0 unspecified atom stereocenters. The highest BCUT2D eigenvalue weighted by molar-refractivity contribution is 5.97. The number of benzene rings is 2. The molecular formula is C30H35N5O4. The molecule has 1 aliphatic heterocycles. The Hall–Kier alpha value is -4.58. The molecule has 3 N–H and O–H groups in total. The quantitative estimate of drug-likeness (QED) is 0.324. The molecule has 2 aromatic carbocycles. The van der Waals surface area contributed by atoms with Gasteiger partial charge in [0, 0.05) is 37.3 Å². The summed E-state index contributed by atoms with van der Waals surface area (Å²) in [7, 11) is 1.50. The van der Waals surface area contributed by atoms with Gasteiger partial charge in [-0.3, -0.25) is 9.59 Å². The largest absolute Gasteiger partial charge is 0.499 e. The van der Waals surface area contributed by atoms with Crippen molar-refractivity contribution in [3.63, 3.8) is 0 Å². The number of urea groups is 1. The Morgan fingerprint density at radius 1 is 1.15 bits per heavy atom. The number of carbonyl (C=O) groups excluding carboxylic acids is 3. The first-order chi connectivity index (χ1) is 18.7. The van der Waals surface area contributed by atoms with E-state index in [2.05, 4.69) is 28.6 Å². The standard InChI is InChI=1S/C30H35N5O4/c1-5-26(21(3)39-4)33-28(36)12-15-32-30(38)34-27-18-25(9-6-20(27)2)29(37)35-16-13-24(14-17-35)23-10-7-22(19-31)8-11-23/h5-11,18,24H,1,12-17H2,2-4H3,(H,33,36)(H2,32,34,38)/b26-21+.